The Kier molecular flexibility index (Phi) is 4.78. The van der Waals surface area contributed by atoms with Crippen LogP contribution >= 0.6 is 0 Å². The second-order valence-electron chi connectivity index (χ2n) is 6.48. The number of rotatable bonds is 5. The Bertz CT molecular complexity index is 927. The van der Waals surface area contributed by atoms with Gasteiger partial charge in [-0.1, -0.05) is 6.07 Å². The first-order valence-electron chi connectivity index (χ1n) is 8.81. The first kappa shape index (κ1) is 17.1. The number of aromatic nitrogens is 5. The van der Waals surface area contributed by atoms with Gasteiger partial charge in [0.25, 0.3) is 0 Å². The van der Waals surface area contributed by atoms with Crippen LogP contribution in [0.1, 0.15) is 23.1 Å². The van der Waals surface area contributed by atoms with Gasteiger partial charge in [0.05, 0.1) is 18.7 Å². The third-order valence-electron chi connectivity index (χ3n) is 4.47. The van der Waals surface area contributed by atoms with Crippen LogP contribution in [0, 0.1) is 6.92 Å². The van der Waals surface area contributed by atoms with Gasteiger partial charge in [-0.3, -0.25) is 14.5 Å². The maximum absolute atomic E-state index is 12.8. The lowest BCUT2D eigenvalue weighted by atomic mass is 10.1. The van der Waals surface area contributed by atoms with Gasteiger partial charge in [-0.15, -0.1) is 0 Å². The number of carbonyl (C=O) groups is 1. The molecule has 0 fully saturated rings. The van der Waals surface area contributed by atoms with Crippen LogP contribution in [0.4, 0.5) is 0 Å². The van der Waals surface area contributed by atoms with Gasteiger partial charge in [-0.05, 0) is 31.2 Å². The zero-order chi connectivity index (χ0) is 18.6. The fourth-order valence-electron chi connectivity index (χ4n) is 3.14. The lowest BCUT2D eigenvalue weighted by Crippen LogP contribution is -2.43. The average molecular weight is 364 g/mol. The summed E-state index contributed by atoms with van der Waals surface area (Å²) >= 11 is 0. The van der Waals surface area contributed by atoms with Crippen molar-refractivity contribution in [1.29, 1.82) is 0 Å². The molecule has 8 nitrogen and oxygen atoms in total. The molecule has 0 N–H and O–H groups in total. The van der Waals surface area contributed by atoms with Crippen LogP contribution in [0.15, 0.2) is 48.9 Å². The molecule has 0 bridgehead atoms. The number of amides is 1. The summed E-state index contributed by atoms with van der Waals surface area (Å²) < 4.78 is 7.68. The third-order valence-corrected chi connectivity index (χ3v) is 4.47. The van der Waals surface area contributed by atoms with Crippen molar-refractivity contribution < 1.29 is 9.53 Å². The van der Waals surface area contributed by atoms with Crippen LogP contribution in [0.2, 0.25) is 0 Å². The van der Waals surface area contributed by atoms with Gasteiger partial charge in [0.15, 0.2) is 0 Å². The van der Waals surface area contributed by atoms with Gasteiger partial charge in [0, 0.05) is 36.5 Å². The van der Waals surface area contributed by atoms with Crippen molar-refractivity contribution in [2.75, 3.05) is 13.2 Å². The Morgan fingerprint density at radius 1 is 1.19 bits per heavy atom. The van der Waals surface area contributed by atoms with Gasteiger partial charge in [0.2, 0.25) is 5.91 Å². The summed E-state index contributed by atoms with van der Waals surface area (Å²) in [7, 11) is 0. The van der Waals surface area contributed by atoms with Crippen molar-refractivity contribution in [2.45, 2.75) is 25.9 Å². The summed E-state index contributed by atoms with van der Waals surface area (Å²) in [5.74, 6) is 0.0398. The Balaban J connectivity index is 1.46. The van der Waals surface area contributed by atoms with E-state index in [1.165, 1.54) is 0 Å². The lowest BCUT2D eigenvalue weighted by Gasteiger charge is -2.33. The molecular formula is C19H20N6O2. The standard InChI is InChI=1S/C19H20N6O2/c1-14-5-8-21-19(23-14)27-13-17-12-24(11-16-6-9-22-25(16)17)18(26)10-15-4-2-3-7-20-15/h2-9,17H,10-13H2,1H3. The van der Waals surface area contributed by atoms with Crippen molar-refractivity contribution in [3.05, 3.63) is 66.0 Å². The van der Waals surface area contributed by atoms with E-state index in [2.05, 4.69) is 20.1 Å². The summed E-state index contributed by atoms with van der Waals surface area (Å²) in [6.45, 7) is 3.28. The van der Waals surface area contributed by atoms with Crippen molar-refractivity contribution >= 4 is 5.91 Å². The van der Waals surface area contributed by atoms with Crippen molar-refractivity contribution in [3.8, 4) is 6.01 Å². The van der Waals surface area contributed by atoms with Crippen molar-refractivity contribution in [3.63, 3.8) is 0 Å². The number of fused-ring (bicyclic) bond motifs is 1. The van der Waals surface area contributed by atoms with E-state index in [0.29, 0.717) is 25.7 Å². The van der Waals surface area contributed by atoms with E-state index in [1.54, 1.807) is 18.6 Å². The number of carbonyl (C=O) groups excluding carboxylic acids is 1. The highest BCUT2D eigenvalue weighted by atomic mass is 16.5. The van der Waals surface area contributed by atoms with E-state index in [0.717, 1.165) is 17.1 Å². The summed E-state index contributed by atoms with van der Waals surface area (Å²) in [5, 5.41) is 4.39. The Morgan fingerprint density at radius 2 is 2.11 bits per heavy atom. The molecule has 0 saturated heterocycles. The summed E-state index contributed by atoms with van der Waals surface area (Å²) in [5.41, 5.74) is 2.59. The summed E-state index contributed by atoms with van der Waals surface area (Å²) in [6.07, 6.45) is 5.40. The minimum absolute atomic E-state index is 0.0398. The molecule has 1 amide bonds. The molecule has 4 heterocycles. The number of nitrogens with zero attached hydrogens (tertiary/aromatic N) is 6. The topological polar surface area (TPSA) is 86.0 Å². The zero-order valence-electron chi connectivity index (χ0n) is 15.0. The van der Waals surface area contributed by atoms with Crippen LogP contribution < -0.4 is 4.74 Å². The molecule has 1 atom stereocenters. The van der Waals surface area contributed by atoms with Crippen LogP contribution in [-0.2, 0) is 17.8 Å². The van der Waals surface area contributed by atoms with Gasteiger partial charge < -0.3 is 9.64 Å². The number of ether oxygens (including phenoxy) is 1. The Labute approximate surface area is 156 Å². The molecule has 0 aliphatic carbocycles. The molecule has 1 unspecified atom stereocenters. The molecule has 138 valence electrons. The molecular weight excluding hydrogens is 344 g/mol. The smallest absolute Gasteiger partial charge is 0.316 e. The maximum atomic E-state index is 12.8. The van der Waals surface area contributed by atoms with E-state index in [9.17, 15) is 4.79 Å². The van der Waals surface area contributed by atoms with E-state index in [1.807, 2.05) is 46.8 Å². The first-order valence-corrected chi connectivity index (χ1v) is 8.81. The van der Waals surface area contributed by atoms with Gasteiger partial charge in [-0.25, -0.2) is 9.97 Å². The molecule has 3 aromatic heterocycles. The van der Waals surface area contributed by atoms with Crippen LogP contribution in [0.25, 0.3) is 0 Å². The zero-order valence-corrected chi connectivity index (χ0v) is 15.0. The first-order chi connectivity index (χ1) is 13.2. The molecule has 0 aromatic carbocycles. The fraction of sp³-hybridized carbons (Fsp3) is 0.316. The highest BCUT2D eigenvalue weighted by Crippen LogP contribution is 2.21. The predicted octanol–water partition coefficient (Wildman–Crippen LogP) is 1.58. The van der Waals surface area contributed by atoms with Crippen molar-refractivity contribution in [1.82, 2.24) is 29.6 Å². The molecule has 0 spiro atoms. The predicted molar refractivity (Wildman–Crippen MR) is 96.9 cm³/mol. The highest BCUT2D eigenvalue weighted by Gasteiger charge is 2.29. The minimum atomic E-state index is -0.0967. The van der Waals surface area contributed by atoms with Crippen LogP contribution in [-0.4, -0.2) is 48.7 Å². The Morgan fingerprint density at radius 3 is 2.93 bits per heavy atom. The van der Waals surface area contributed by atoms with Crippen LogP contribution in [0.3, 0.4) is 0 Å². The van der Waals surface area contributed by atoms with E-state index >= 15 is 0 Å². The molecule has 8 heteroatoms. The molecule has 0 radical (unpaired) electrons. The number of hydrogen-bond acceptors (Lipinski definition) is 6. The monoisotopic (exact) mass is 364 g/mol. The van der Waals surface area contributed by atoms with Crippen molar-refractivity contribution in [2.24, 2.45) is 0 Å². The molecule has 3 aromatic rings. The van der Waals surface area contributed by atoms with Crippen LogP contribution in [0.5, 0.6) is 6.01 Å². The van der Waals surface area contributed by atoms with E-state index < -0.39 is 0 Å². The number of hydrogen-bond donors (Lipinski definition) is 0. The number of pyridine rings is 1. The fourth-order valence-corrected chi connectivity index (χ4v) is 3.14. The maximum Gasteiger partial charge on any atom is 0.316 e. The number of aryl methyl sites for hydroxylation is 1. The highest BCUT2D eigenvalue weighted by molar-refractivity contribution is 5.78. The van der Waals surface area contributed by atoms with Gasteiger partial charge in [-0.2, -0.15) is 5.10 Å². The second-order valence-corrected chi connectivity index (χ2v) is 6.48. The third kappa shape index (κ3) is 3.94. The summed E-state index contributed by atoms with van der Waals surface area (Å²) in [4.78, 5) is 27.2. The largest absolute Gasteiger partial charge is 0.461 e. The molecule has 0 saturated carbocycles. The quantitative estimate of drug-likeness (QED) is 0.683. The molecule has 1 aliphatic rings. The summed E-state index contributed by atoms with van der Waals surface area (Å²) in [6, 6.07) is 9.57. The molecule has 4 rings (SSSR count). The second kappa shape index (κ2) is 7.53. The van der Waals surface area contributed by atoms with E-state index in [-0.39, 0.29) is 18.4 Å². The SMILES string of the molecule is Cc1ccnc(OCC2CN(C(=O)Cc3ccccn3)Cc3ccnn32)n1. The minimum Gasteiger partial charge on any atom is -0.461 e. The molecule has 27 heavy (non-hydrogen) atoms. The molecule has 1 aliphatic heterocycles. The van der Waals surface area contributed by atoms with E-state index in [4.69, 9.17) is 4.74 Å². The lowest BCUT2D eigenvalue weighted by molar-refractivity contribution is -0.132. The Hall–Kier alpha value is -3.29. The normalized spacial score (nSPS) is 16.0. The average Bonchev–Trinajstić information content (AvgIpc) is 3.16. The van der Waals surface area contributed by atoms with Gasteiger partial charge >= 0.3 is 6.01 Å². The van der Waals surface area contributed by atoms with Gasteiger partial charge in [0.1, 0.15) is 12.6 Å².